The van der Waals surface area contributed by atoms with Crippen LogP contribution in [-0.2, 0) is 19.1 Å². The lowest BCUT2D eigenvalue weighted by molar-refractivity contribution is -0.130. The van der Waals surface area contributed by atoms with Crippen molar-refractivity contribution in [2.45, 2.75) is 0 Å². The minimum Gasteiger partial charge on any atom is -0.402 e. The highest BCUT2D eigenvalue weighted by atomic mass is 19.1. The van der Waals surface area contributed by atoms with E-state index in [1.54, 1.807) is 36.4 Å². The van der Waals surface area contributed by atoms with E-state index >= 15 is 0 Å². The van der Waals surface area contributed by atoms with Crippen molar-refractivity contribution in [3.63, 3.8) is 0 Å². The summed E-state index contributed by atoms with van der Waals surface area (Å²) in [6.07, 6.45) is 3.01. The van der Waals surface area contributed by atoms with Crippen LogP contribution < -0.4 is 0 Å². The van der Waals surface area contributed by atoms with Crippen LogP contribution in [0.1, 0.15) is 22.3 Å². The molecule has 0 N–H and O–H groups in total. The molecule has 0 saturated carbocycles. The van der Waals surface area contributed by atoms with Crippen molar-refractivity contribution in [2.24, 2.45) is 9.98 Å². The number of carbonyl (C=O) groups excluding carboxylic acids is 2. The number of ether oxygens (including phenoxy) is 2. The first-order chi connectivity index (χ1) is 16.5. The van der Waals surface area contributed by atoms with Gasteiger partial charge in [0.1, 0.15) is 11.6 Å². The fourth-order valence-electron chi connectivity index (χ4n) is 3.32. The van der Waals surface area contributed by atoms with E-state index in [1.807, 2.05) is 0 Å². The van der Waals surface area contributed by atoms with E-state index in [0.29, 0.717) is 11.1 Å². The van der Waals surface area contributed by atoms with Crippen molar-refractivity contribution < 1.29 is 27.8 Å². The summed E-state index contributed by atoms with van der Waals surface area (Å²) in [6.45, 7) is 0. The highest BCUT2D eigenvalue weighted by molar-refractivity contribution is 6.13. The van der Waals surface area contributed by atoms with Gasteiger partial charge in [-0.25, -0.2) is 28.4 Å². The number of halogens is 2. The van der Waals surface area contributed by atoms with Gasteiger partial charge in [0.05, 0.1) is 11.1 Å². The second kappa shape index (κ2) is 8.67. The van der Waals surface area contributed by atoms with Crippen LogP contribution in [0.2, 0.25) is 0 Å². The molecule has 0 saturated heterocycles. The number of rotatable bonds is 4. The molecule has 0 spiro atoms. The standard InChI is InChI=1S/C26H14F2N2O4/c27-19-7-3-1-5-17(19)23-29-21(25(31)33-23)13-15-9-11-16(12-10-15)14-22-26(32)34-24(30-22)18-6-2-4-8-20(18)28/h1-14H. The molecule has 0 bridgehead atoms. The van der Waals surface area contributed by atoms with E-state index in [-0.39, 0.29) is 34.3 Å². The van der Waals surface area contributed by atoms with Crippen molar-refractivity contribution in [1.82, 2.24) is 0 Å². The van der Waals surface area contributed by atoms with Crippen LogP contribution in [0, 0.1) is 11.6 Å². The first-order valence-electron chi connectivity index (χ1n) is 10.1. The third kappa shape index (κ3) is 4.16. The second-order valence-corrected chi connectivity index (χ2v) is 7.30. The first kappa shape index (κ1) is 21.1. The van der Waals surface area contributed by atoms with Crippen molar-refractivity contribution in [1.29, 1.82) is 0 Å². The van der Waals surface area contributed by atoms with Gasteiger partial charge < -0.3 is 9.47 Å². The number of hydrogen-bond acceptors (Lipinski definition) is 6. The minimum absolute atomic E-state index is 0.0304. The van der Waals surface area contributed by atoms with Crippen LogP contribution >= 0.6 is 0 Å². The molecule has 0 amide bonds. The quantitative estimate of drug-likeness (QED) is 0.423. The number of esters is 2. The lowest BCUT2D eigenvalue weighted by Crippen LogP contribution is -2.07. The van der Waals surface area contributed by atoms with Gasteiger partial charge in [0.15, 0.2) is 11.4 Å². The summed E-state index contributed by atoms with van der Waals surface area (Å²) in [5.41, 5.74) is 1.53. The van der Waals surface area contributed by atoms with Crippen LogP contribution in [0.3, 0.4) is 0 Å². The van der Waals surface area contributed by atoms with Gasteiger partial charge in [0.2, 0.25) is 11.8 Å². The molecule has 0 fully saturated rings. The molecule has 3 aromatic rings. The Balaban J connectivity index is 1.37. The molecule has 0 atom stereocenters. The summed E-state index contributed by atoms with van der Waals surface area (Å²) >= 11 is 0. The highest BCUT2D eigenvalue weighted by Crippen LogP contribution is 2.23. The van der Waals surface area contributed by atoms with Gasteiger partial charge >= 0.3 is 11.9 Å². The zero-order chi connectivity index (χ0) is 23.7. The smallest absolute Gasteiger partial charge is 0.363 e. The van der Waals surface area contributed by atoms with Crippen molar-refractivity contribution in [3.8, 4) is 0 Å². The van der Waals surface area contributed by atoms with Gasteiger partial charge in [-0.1, -0.05) is 48.5 Å². The molecule has 2 heterocycles. The fourth-order valence-corrected chi connectivity index (χ4v) is 3.32. The Labute approximate surface area is 192 Å². The molecule has 3 aromatic carbocycles. The molecule has 2 aliphatic heterocycles. The first-order valence-corrected chi connectivity index (χ1v) is 10.1. The zero-order valence-corrected chi connectivity index (χ0v) is 17.4. The molecular weight excluding hydrogens is 442 g/mol. The Hall–Kier alpha value is -4.72. The third-order valence-electron chi connectivity index (χ3n) is 4.99. The molecular formula is C26H14F2N2O4. The molecule has 0 aromatic heterocycles. The van der Waals surface area contributed by atoms with E-state index in [1.165, 1.54) is 48.6 Å². The molecule has 34 heavy (non-hydrogen) atoms. The summed E-state index contributed by atoms with van der Waals surface area (Å²) in [6, 6.07) is 18.5. The summed E-state index contributed by atoms with van der Waals surface area (Å²) in [4.78, 5) is 32.5. The number of nitrogens with zero attached hydrogens (tertiary/aromatic N) is 2. The summed E-state index contributed by atoms with van der Waals surface area (Å²) in [5.74, 6) is -2.66. The monoisotopic (exact) mass is 456 g/mol. The van der Waals surface area contributed by atoms with Crippen molar-refractivity contribution in [2.75, 3.05) is 0 Å². The lowest BCUT2D eigenvalue weighted by Gasteiger charge is -1.99. The van der Waals surface area contributed by atoms with Gasteiger partial charge in [-0.3, -0.25) is 0 Å². The Morgan fingerprint density at radius 1 is 0.588 bits per heavy atom. The van der Waals surface area contributed by atoms with E-state index < -0.39 is 23.6 Å². The molecule has 0 aliphatic carbocycles. The van der Waals surface area contributed by atoms with Gasteiger partial charge in [0, 0.05) is 0 Å². The number of hydrogen-bond donors (Lipinski definition) is 0. The van der Waals surface area contributed by atoms with Crippen LogP contribution in [-0.4, -0.2) is 23.7 Å². The maximum atomic E-state index is 13.9. The Morgan fingerprint density at radius 2 is 0.971 bits per heavy atom. The molecule has 166 valence electrons. The largest absolute Gasteiger partial charge is 0.402 e. The predicted octanol–water partition coefficient (Wildman–Crippen LogP) is 4.65. The highest BCUT2D eigenvalue weighted by Gasteiger charge is 2.27. The maximum Gasteiger partial charge on any atom is 0.363 e. The Bertz CT molecular complexity index is 1340. The van der Waals surface area contributed by atoms with Crippen molar-refractivity contribution in [3.05, 3.63) is 118 Å². The van der Waals surface area contributed by atoms with Crippen LogP contribution in [0.4, 0.5) is 8.78 Å². The van der Waals surface area contributed by atoms with Crippen LogP contribution in [0.25, 0.3) is 12.2 Å². The maximum absolute atomic E-state index is 13.9. The van der Waals surface area contributed by atoms with Gasteiger partial charge in [0.25, 0.3) is 0 Å². The number of benzene rings is 3. The van der Waals surface area contributed by atoms with Crippen molar-refractivity contribution >= 4 is 35.9 Å². The molecule has 8 heteroatoms. The molecule has 0 radical (unpaired) electrons. The van der Waals surface area contributed by atoms with Gasteiger partial charge in [-0.15, -0.1) is 0 Å². The third-order valence-corrected chi connectivity index (χ3v) is 4.99. The molecule has 5 rings (SSSR count). The lowest BCUT2D eigenvalue weighted by atomic mass is 10.1. The summed E-state index contributed by atoms with van der Waals surface area (Å²) in [7, 11) is 0. The van der Waals surface area contributed by atoms with Gasteiger partial charge in [-0.05, 0) is 47.5 Å². The van der Waals surface area contributed by atoms with Gasteiger partial charge in [-0.2, -0.15) is 0 Å². The van der Waals surface area contributed by atoms with E-state index in [0.717, 1.165) is 0 Å². The zero-order valence-electron chi connectivity index (χ0n) is 17.4. The molecule has 2 aliphatic rings. The second-order valence-electron chi connectivity index (χ2n) is 7.30. The topological polar surface area (TPSA) is 77.3 Å². The van der Waals surface area contributed by atoms with E-state index in [2.05, 4.69) is 9.98 Å². The fraction of sp³-hybridized carbons (Fsp3) is 0. The normalized spacial score (nSPS) is 17.6. The van der Waals surface area contributed by atoms with E-state index in [9.17, 15) is 18.4 Å². The van der Waals surface area contributed by atoms with E-state index in [4.69, 9.17) is 9.47 Å². The summed E-state index contributed by atoms with van der Waals surface area (Å²) in [5, 5.41) is 0. The Morgan fingerprint density at radius 3 is 1.35 bits per heavy atom. The SMILES string of the molecule is O=C1OC(c2ccccc2F)=NC1=Cc1ccc(C=C2N=C(c3ccccc3F)OC2=O)cc1. The molecule has 0 unspecified atom stereocenters. The summed E-state index contributed by atoms with van der Waals surface area (Å²) < 4.78 is 38.1. The average Bonchev–Trinajstić information content (AvgIpc) is 3.37. The predicted molar refractivity (Wildman–Crippen MR) is 120 cm³/mol. The Kier molecular flexibility index (Phi) is 5.39. The van der Waals surface area contributed by atoms with Crippen LogP contribution in [0.15, 0.2) is 94.2 Å². The number of carbonyl (C=O) groups is 2. The number of cyclic esters (lactones) is 2. The minimum atomic E-state index is -0.687. The molecule has 6 nitrogen and oxygen atoms in total. The number of aliphatic imine (C=N–C) groups is 2. The van der Waals surface area contributed by atoms with Crippen LogP contribution in [0.5, 0.6) is 0 Å². The average molecular weight is 456 g/mol.